The third kappa shape index (κ3) is 5.37. The lowest BCUT2D eigenvalue weighted by Crippen LogP contribution is -2.33. The number of benzene rings is 4. The molecular weight excluding hydrogens is 532 g/mol. The smallest absolute Gasteiger partial charge is 0.340 e. The highest BCUT2D eigenvalue weighted by Crippen LogP contribution is 2.57. The standard InChI is InChI=1S/C38H42N2O3/c1-24(2)16-18-40(19-17-25(3)4)29-14-15-32-36(22-29)42-35-21-27(6)34(39-28-11-9-10-26(5)20-28)23-33(35)38(32)31-13-8-7-12-30(31)37(41)43-38/h7-15,20-25,39H,16-19H2,1-6H3. The van der Waals surface area contributed by atoms with Crippen LogP contribution in [0.1, 0.15) is 78.7 Å². The zero-order valence-corrected chi connectivity index (χ0v) is 26.2. The number of hydrogen-bond acceptors (Lipinski definition) is 5. The molecule has 5 nitrogen and oxygen atoms in total. The molecule has 43 heavy (non-hydrogen) atoms. The minimum absolute atomic E-state index is 0.317. The quantitative estimate of drug-likeness (QED) is 0.202. The Kier molecular flexibility index (Phi) is 7.68. The van der Waals surface area contributed by atoms with Crippen molar-refractivity contribution in [3.8, 4) is 11.5 Å². The van der Waals surface area contributed by atoms with Gasteiger partial charge in [-0.3, -0.25) is 0 Å². The van der Waals surface area contributed by atoms with Crippen LogP contribution >= 0.6 is 0 Å². The molecular formula is C38H42N2O3. The van der Waals surface area contributed by atoms with Gasteiger partial charge < -0.3 is 19.7 Å². The Bertz CT molecular complexity index is 1660. The molecule has 0 amide bonds. The minimum Gasteiger partial charge on any atom is -0.456 e. The summed E-state index contributed by atoms with van der Waals surface area (Å²) in [5.41, 5.74) is 7.31. The molecule has 2 heterocycles. The van der Waals surface area contributed by atoms with Gasteiger partial charge in [-0.05, 0) is 92.1 Å². The highest BCUT2D eigenvalue weighted by molar-refractivity contribution is 5.97. The monoisotopic (exact) mass is 574 g/mol. The maximum atomic E-state index is 13.4. The SMILES string of the molecule is Cc1cccc(Nc2cc3c(cc2C)Oc2cc(N(CCC(C)C)CCC(C)C)ccc2C32OC(=O)c3ccccc32)c1. The van der Waals surface area contributed by atoms with E-state index in [0.29, 0.717) is 23.1 Å². The predicted octanol–water partition coefficient (Wildman–Crippen LogP) is 9.51. The highest BCUT2D eigenvalue weighted by Gasteiger charge is 2.53. The van der Waals surface area contributed by atoms with E-state index in [2.05, 4.69) is 100 Å². The van der Waals surface area contributed by atoms with Gasteiger partial charge in [0.15, 0.2) is 5.60 Å². The van der Waals surface area contributed by atoms with E-state index in [1.807, 2.05) is 30.3 Å². The molecule has 0 bridgehead atoms. The van der Waals surface area contributed by atoms with Crippen LogP contribution in [0, 0.1) is 25.7 Å². The topological polar surface area (TPSA) is 50.8 Å². The van der Waals surface area contributed by atoms with Crippen molar-refractivity contribution >= 4 is 23.0 Å². The molecule has 0 saturated heterocycles. The van der Waals surface area contributed by atoms with E-state index in [-0.39, 0.29) is 5.97 Å². The van der Waals surface area contributed by atoms with Gasteiger partial charge in [0, 0.05) is 52.9 Å². The van der Waals surface area contributed by atoms with Crippen LogP contribution in [0.15, 0.2) is 78.9 Å². The van der Waals surface area contributed by atoms with Gasteiger partial charge >= 0.3 is 5.97 Å². The summed E-state index contributed by atoms with van der Waals surface area (Å²) >= 11 is 0. The van der Waals surface area contributed by atoms with Crippen molar-refractivity contribution < 1.29 is 14.3 Å². The predicted molar refractivity (Wildman–Crippen MR) is 175 cm³/mol. The third-order valence-electron chi connectivity index (χ3n) is 8.66. The summed E-state index contributed by atoms with van der Waals surface area (Å²) in [6.45, 7) is 15.2. The molecule has 4 aromatic carbocycles. The lowest BCUT2D eigenvalue weighted by Gasteiger charge is -2.38. The second-order valence-electron chi connectivity index (χ2n) is 12.9. The van der Waals surface area contributed by atoms with Gasteiger partial charge in [-0.2, -0.15) is 0 Å². The van der Waals surface area contributed by atoms with Crippen LogP contribution in [0.4, 0.5) is 17.1 Å². The van der Waals surface area contributed by atoms with Crippen molar-refractivity contribution in [2.24, 2.45) is 11.8 Å². The second kappa shape index (κ2) is 11.4. The molecule has 0 aliphatic carbocycles. The number of aryl methyl sites for hydroxylation is 2. The fourth-order valence-electron chi connectivity index (χ4n) is 6.22. The molecule has 1 unspecified atom stereocenters. The van der Waals surface area contributed by atoms with E-state index < -0.39 is 5.60 Å². The van der Waals surface area contributed by atoms with Crippen molar-refractivity contribution in [2.75, 3.05) is 23.3 Å². The average molecular weight is 575 g/mol. The van der Waals surface area contributed by atoms with Crippen molar-refractivity contribution in [3.63, 3.8) is 0 Å². The average Bonchev–Trinajstić information content (AvgIpc) is 3.26. The highest BCUT2D eigenvalue weighted by atomic mass is 16.6. The number of carbonyl (C=O) groups excluding carboxylic acids is 1. The van der Waals surface area contributed by atoms with Gasteiger partial charge in [-0.1, -0.05) is 58.0 Å². The summed E-state index contributed by atoms with van der Waals surface area (Å²) in [4.78, 5) is 15.9. The maximum Gasteiger partial charge on any atom is 0.340 e. The minimum atomic E-state index is -1.10. The number of nitrogens with zero attached hydrogens (tertiary/aromatic N) is 1. The summed E-state index contributed by atoms with van der Waals surface area (Å²) in [7, 11) is 0. The van der Waals surface area contributed by atoms with Crippen LogP contribution in [0.25, 0.3) is 0 Å². The molecule has 0 fully saturated rings. The molecule has 222 valence electrons. The Morgan fingerprint density at radius 1 is 0.767 bits per heavy atom. The third-order valence-corrected chi connectivity index (χ3v) is 8.66. The van der Waals surface area contributed by atoms with E-state index >= 15 is 0 Å². The Balaban J connectivity index is 1.49. The van der Waals surface area contributed by atoms with Gasteiger partial charge in [0.1, 0.15) is 11.5 Å². The second-order valence-corrected chi connectivity index (χ2v) is 12.9. The van der Waals surface area contributed by atoms with Crippen LogP contribution in [-0.2, 0) is 10.3 Å². The molecule has 0 radical (unpaired) electrons. The molecule has 2 aliphatic heterocycles. The van der Waals surface area contributed by atoms with Gasteiger partial charge in [0.05, 0.1) is 5.56 Å². The lowest BCUT2D eigenvalue weighted by molar-refractivity contribution is 0.0224. The number of esters is 1. The van der Waals surface area contributed by atoms with Crippen molar-refractivity contribution in [3.05, 3.63) is 112 Å². The molecule has 1 atom stereocenters. The van der Waals surface area contributed by atoms with E-state index in [9.17, 15) is 4.79 Å². The Hall–Kier alpha value is -4.25. The molecule has 5 heteroatoms. The first-order chi connectivity index (χ1) is 20.7. The first-order valence-corrected chi connectivity index (χ1v) is 15.5. The molecule has 0 aromatic heterocycles. The fourth-order valence-corrected chi connectivity index (χ4v) is 6.22. The number of nitrogens with one attached hydrogen (secondary N) is 1. The molecule has 6 rings (SSSR count). The van der Waals surface area contributed by atoms with Crippen molar-refractivity contribution in [1.82, 2.24) is 0 Å². The zero-order chi connectivity index (χ0) is 30.3. The molecule has 1 spiro atoms. The summed E-state index contributed by atoms with van der Waals surface area (Å²) in [5.74, 6) is 2.35. The molecule has 4 aromatic rings. The largest absolute Gasteiger partial charge is 0.456 e. The van der Waals surface area contributed by atoms with Crippen LogP contribution in [-0.4, -0.2) is 19.1 Å². The van der Waals surface area contributed by atoms with Crippen LogP contribution < -0.4 is 15.0 Å². The number of carbonyl (C=O) groups is 1. The Morgan fingerprint density at radius 2 is 1.49 bits per heavy atom. The lowest BCUT2D eigenvalue weighted by atomic mass is 9.77. The summed E-state index contributed by atoms with van der Waals surface area (Å²) in [6.07, 6.45) is 2.23. The van der Waals surface area contributed by atoms with Crippen molar-refractivity contribution in [1.29, 1.82) is 0 Å². The van der Waals surface area contributed by atoms with Gasteiger partial charge in [-0.25, -0.2) is 4.79 Å². The van der Waals surface area contributed by atoms with Crippen molar-refractivity contribution in [2.45, 2.75) is 60.0 Å². The summed E-state index contributed by atoms with van der Waals surface area (Å²) in [5, 5.41) is 3.60. The molecule has 1 N–H and O–H groups in total. The van der Waals surface area contributed by atoms with E-state index in [1.54, 1.807) is 0 Å². The first-order valence-electron chi connectivity index (χ1n) is 15.5. The number of rotatable bonds is 9. The molecule has 0 saturated carbocycles. The number of anilines is 3. The first kappa shape index (κ1) is 28.9. The van der Waals surface area contributed by atoms with Crippen LogP contribution in [0.2, 0.25) is 0 Å². The van der Waals surface area contributed by atoms with Crippen LogP contribution in [0.5, 0.6) is 11.5 Å². The van der Waals surface area contributed by atoms with Gasteiger partial charge in [0.25, 0.3) is 0 Å². The van der Waals surface area contributed by atoms with E-state index in [0.717, 1.165) is 71.0 Å². The van der Waals surface area contributed by atoms with E-state index in [1.165, 1.54) is 5.56 Å². The number of ether oxygens (including phenoxy) is 2. The fraction of sp³-hybridized carbons (Fsp3) is 0.342. The van der Waals surface area contributed by atoms with Gasteiger partial charge in [-0.15, -0.1) is 0 Å². The Labute approximate surface area is 255 Å². The van der Waals surface area contributed by atoms with Crippen LogP contribution in [0.3, 0.4) is 0 Å². The maximum absolute atomic E-state index is 13.4. The van der Waals surface area contributed by atoms with E-state index in [4.69, 9.17) is 9.47 Å². The number of fused-ring (bicyclic) bond motifs is 6. The number of hydrogen-bond donors (Lipinski definition) is 1. The Morgan fingerprint density at radius 3 is 2.21 bits per heavy atom. The van der Waals surface area contributed by atoms with Gasteiger partial charge in [0.2, 0.25) is 0 Å². The summed E-state index contributed by atoms with van der Waals surface area (Å²) < 4.78 is 13.2. The zero-order valence-electron chi connectivity index (χ0n) is 26.2. The summed E-state index contributed by atoms with van der Waals surface area (Å²) in [6, 6.07) is 26.6. The molecule has 2 aliphatic rings. The normalized spacial score (nSPS) is 16.5.